The molecule has 0 atom stereocenters. The van der Waals surface area contributed by atoms with Gasteiger partial charge in [-0.25, -0.2) is 9.37 Å². The Labute approximate surface area is 159 Å². The topological polar surface area (TPSA) is 38.2 Å². The van der Waals surface area contributed by atoms with Gasteiger partial charge in [0.05, 0.1) is 5.69 Å². The van der Waals surface area contributed by atoms with Crippen molar-refractivity contribution in [2.75, 3.05) is 11.4 Å². The van der Waals surface area contributed by atoms with Crippen molar-refractivity contribution in [1.82, 2.24) is 9.97 Å². The van der Waals surface area contributed by atoms with Crippen LogP contribution >= 0.6 is 0 Å². The molecule has 3 aromatic rings. The summed E-state index contributed by atoms with van der Waals surface area (Å²) in [6.07, 6.45) is -4.02. The number of para-hydroxylation sites is 1. The standard InChI is InChI=1S/C20H17F4N3O/c1-2-27(17-11-7-6-10-16(17)21)19-25-12-15(20(22,23)24)18(26-19)28-13-14-8-4-3-5-9-14/h3-12H,2,13H2,1H3. The molecule has 1 aromatic heterocycles. The molecule has 4 nitrogen and oxygen atoms in total. The maximum absolute atomic E-state index is 14.1. The molecule has 0 radical (unpaired) electrons. The maximum atomic E-state index is 14.1. The monoisotopic (exact) mass is 391 g/mol. The van der Waals surface area contributed by atoms with Gasteiger partial charge >= 0.3 is 6.18 Å². The Hall–Kier alpha value is -3.16. The van der Waals surface area contributed by atoms with Crippen LogP contribution in [0.2, 0.25) is 0 Å². The summed E-state index contributed by atoms with van der Waals surface area (Å²) in [6.45, 7) is 1.88. The van der Waals surface area contributed by atoms with Crippen LogP contribution in [0.5, 0.6) is 5.88 Å². The third-order valence-electron chi connectivity index (χ3n) is 3.97. The van der Waals surface area contributed by atoms with E-state index in [1.165, 1.54) is 23.1 Å². The lowest BCUT2D eigenvalue weighted by molar-refractivity contribution is -0.139. The fraction of sp³-hybridized carbons (Fsp3) is 0.200. The Morgan fingerprint density at radius 2 is 1.68 bits per heavy atom. The van der Waals surface area contributed by atoms with E-state index in [1.807, 2.05) is 0 Å². The van der Waals surface area contributed by atoms with Crippen molar-refractivity contribution < 1.29 is 22.3 Å². The number of rotatable bonds is 6. The van der Waals surface area contributed by atoms with E-state index < -0.39 is 23.4 Å². The summed E-state index contributed by atoms with van der Waals surface area (Å²) in [5.74, 6) is -1.21. The molecule has 0 aliphatic heterocycles. The minimum absolute atomic E-state index is 0.0799. The van der Waals surface area contributed by atoms with Crippen molar-refractivity contribution in [1.29, 1.82) is 0 Å². The highest BCUT2D eigenvalue weighted by molar-refractivity contribution is 5.58. The maximum Gasteiger partial charge on any atom is 0.423 e. The number of ether oxygens (including phenoxy) is 1. The van der Waals surface area contributed by atoms with Gasteiger partial charge in [0, 0.05) is 12.7 Å². The highest BCUT2D eigenvalue weighted by atomic mass is 19.4. The molecule has 2 aromatic carbocycles. The largest absolute Gasteiger partial charge is 0.472 e. The van der Waals surface area contributed by atoms with Crippen LogP contribution in [0, 0.1) is 5.82 Å². The first kappa shape index (κ1) is 19.6. The summed E-state index contributed by atoms with van der Waals surface area (Å²) < 4.78 is 59.5. The smallest absolute Gasteiger partial charge is 0.423 e. The molecule has 3 rings (SSSR count). The molecule has 0 aliphatic rings. The molecule has 0 fully saturated rings. The number of halogens is 4. The fourth-order valence-corrected chi connectivity index (χ4v) is 2.61. The van der Waals surface area contributed by atoms with Crippen LogP contribution in [-0.4, -0.2) is 16.5 Å². The first-order valence-electron chi connectivity index (χ1n) is 8.53. The second-order valence-electron chi connectivity index (χ2n) is 5.86. The van der Waals surface area contributed by atoms with Crippen molar-refractivity contribution in [3.8, 4) is 5.88 Å². The van der Waals surface area contributed by atoms with Crippen LogP contribution in [0.1, 0.15) is 18.1 Å². The first-order chi connectivity index (χ1) is 13.4. The van der Waals surface area contributed by atoms with Crippen molar-refractivity contribution in [2.45, 2.75) is 19.7 Å². The predicted molar refractivity (Wildman–Crippen MR) is 96.9 cm³/mol. The number of alkyl halides is 3. The number of aromatic nitrogens is 2. The van der Waals surface area contributed by atoms with Gasteiger partial charge in [0.15, 0.2) is 0 Å². The van der Waals surface area contributed by atoms with E-state index in [-0.39, 0.29) is 24.8 Å². The lowest BCUT2D eigenvalue weighted by Crippen LogP contribution is -2.21. The van der Waals surface area contributed by atoms with E-state index in [0.717, 1.165) is 0 Å². The second kappa shape index (κ2) is 8.24. The Bertz CT molecular complexity index is 932. The zero-order valence-corrected chi connectivity index (χ0v) is 14.9. The molecule has 0 amide bonds. The fourth-order valence-electron chi connectivity index (χ4n) is 2.61. The van der Waals surface area contributed by atoms with Gasteiger partial charge in [-0.2, -0.15) is 18.2 Å². The summed E-state index contributed by atoms with van der Waals surface area (Å²) in [7, 11) is 0. The summed E-state index contributed by atoms with van der Waals surface area (Å²) in [6, 6.07) is 14.7. The number of hydrogen-bond donors (Lipinski definition) is 0. The van der Waals surface area contributed by atoms with Gasteiger partial charge < -0.3 is 9.64 Å². The number of benzene rings is 2. The summed E-state index contributed by atoms with van der Waals surface area (Å²) >= 11 is 0. The molecule has 0 saturated heterocycles. The molecule has 0 saturated carbocycles. The molecule has 28 heavy (non-hydrogen) atoms. The average molecular weight is 391 g/mol. The van der Waals surface area contributed by atoms with Crippen LogP contribution in [0.3, 0.4) is 0 Å². The minimum Gasteiger partial charge on any atom is -0.472 e. The summed E-state index contributed by atoms with van der Waals surface area (Å²) in [4.78, 5) is 9.13. The predicted octanol–water partition coefficient (Wildman–Crippen LogP) is 5.37. The molecule has 1 heterocycles. The highest BCUT2D eigenvalue weighted by Crippen LogP contribution is 2.36. The average Bonchev–Trinajstić information content (AvgIpc) is 2.68. The Morgan fingerprint density at radius 3 is 2.32 bits per heavy atom. The van der Waals surface area contributed by atoms with Crippen molar-refractivity contribution in [2.24, 2.45) is 0 Å². The first-order valence-corrected chi connectivity index (χ1v) is 8.53. The van der Waals surface area contributed by atoms with Gasteiger partial charge in [-0.05, 0) is 24.6 Å². The quantitative estimate of drug-likeness (QED) is 0.530. The van der Waals surface area contributed by atoms with E-state index in [1.54, 1.807) is 43.3 Å². The molecule has 0 N–H and O–H groups in total. The van der Waals surface area contributed by atoms with Crippen molar-refractivity contribution in [3.63, 3.8) is 0 Å². The highest BCUT2D eigenvalue weighted by Gasteiger charge is 2.36. The van der Waals surface area contributed by atoms with E-state index in [0.29, 0.717) is 11.8 Å². The third-order valence-corrected chi connectivity index (χ3v) is 3.97. The Morgan fingerprint density at radius 1 is 1.00 bits per heavy atom. The van der Waals surface area contributed by atoms with Gasteiger partial charge in [-0.15, -0.1) is 0 Å². The lowest BCUT2D eigenvalue weighted by Gasteiger charge is -2.22. The Balaban J connectivity index is 1.98. The SMILES string of the molecule is CCN(c1ncc(C(F)(F)F)c(OCc2ccccc2)n1)c1ccccc1F. The van der Waals surface area contributed by atoms with Gasteiger partial charge in [-0.1, -0.05) is 42.5 Å². The molecule has 8 heteroatoms. The Kier molecular flexibility index (Phi) is 5.77. The third kappa shape index (κ3) is 4.39. The number of hydrogen-bond acceptors (Lipinski definition) is 4. The van der Waals surface area contributed by atoms with E-state index >= 15 is 0 Å². The van der Waals surface area contributed by atoms with Crippen LogP contribution < -0.4 is 9.64 Å². The van der Waals surface area contributed by atoms with Crippen LogP contribution in [0.15, 0.2) is 60.8 Å². The van der Waals surface area contributed by atoms with E-state index in [4.69, 9.17) is 4.74 Å². The molecule has 0 unspecified atom stereocenters. The zero-order valence-electron chi connectivity index (χ0n) is 14.9. The van der Waals surface area contributed by atoms with Gasteiger partial charge in [0.1, 0.15) is 18.0 Å². The molecule has 0 bridgehead atoms. The van der Waals surface area contributed by atoms with Crippen molar-refractivity contribution in [3.05, 3.63) is 77.7 Å². The van der Waals surface area contributed by atoms with Crippen LogP contribution in [-0.2, 0) is 12.8 Å². The molecule has 146 valence electrons. The summed E-state index contributed by atoms with van der Waals surface area (Å²) in [5.41, 5.74) is -0.229. The normalized spacial score (nSPS) is 11.3. The second-order valence-corrected chi connectivity index (χ2v) is 5.86. The summed E-state index contributed by atoms with van der Waals surface area (Å²) in [5, 5.41) is 0. The number of anilines is 2. The van der Waals surface area contributed by atoms with E-state index in [9.17, 15) is 17.6 Å². The van der Waals surface area contributed by atoms with Gasteiger partial charge in [-0.3, -0.25) is 0 Å². The van der Waals surface area contributed by atoms with E-state index in [2.05, 4.69) is 9.97 Å². The lowest BCUT2D eigenvalue weighted by atomic mass is 10.2. The molecule has 0 spiro atoms. The van der Waals surface area contributed by atoms with Crippen LogP contribution in [0.4, 0.5) is 29.2 Å². The van der Waals surface area contributed by atoms with Crippen molar-refractivity contribution >= 4 is 11.6 Å². The molecular formula is C20H17F4N3O. The minimum atomic E-state index is -4.68. The van der Waals surface area contributed by atoms with Gasteiger partial charge in [0.2, 0.25) is 11.8 Å². The van der Waals surface area contributed by atoms with Crippen LogP contribution in [0.25, 0.3) is 0 Å². The number of nitrogens with zero attached hydrogens (tertiary/aromatic N) is 3. The van der Waals surface area contributed by atoms with Gasteiger partial charge in [0.25, 0.3) is 0 Å². The molecule has 0 aliphatic carbocycles. The zero-order chi connectivity index (χ0) is 20.1. The molecular weight excluding hydrogens is 374 g/mol.